The Labute approximate surface area is 129 Å². The highest BCUT2D eigenvalue weighted by atomic mass is 127. The zero-order valence-corrected chi connectivity index (χ0v) is 12.2. The smallest absolute Gasteiger partial charge is 0.242 e. The third kappa shape index (κ3) is 3.66. The van der Waals surface area contributed by atoms with Gasteiger partial charge < -0.3 is 0 Å². The summed E-state index contributed by atoms with van der Waals surface area (Å²) in [5.74, 6) is 0. The Morgan fingerprint density at radius 1 is 0.857 bits per heavy atom. The maximum Gasteiger partial charge on any atom is 0.434 e. The highest BCUT2D eigenvalue weighted by molar-refractivity contribution is 14.1. The largest absolute Gasteiger partial charge is 0.434 e. The van der Waals surface area contributed by atoms with Crippen LogP contribution < -0.4 is 0 Å². The van der Waals surface area contributed by atoms with Crippen LogP contribution in [0, 0.1) is 3.57 Å². The zero-order valence-electron chi connectivity index (χ0n) is 10.1. The molecule has 21 heavy (non-hydrogen) atoms. The van der Waals surface area contributed by atoms with E-state index in [1.54, 1.807) is 0 Å². The summed E-state index contributed by atoms with van der Waals surface area (Å²) in [6.07, 6.45) is -9.22. The average Bonchev–Trinajstić information content (AvgIpc) is 2.37. The van der Waals surface area contributed by atoms with Crippen molar-refractivity contribution in [2.75, 3.05) is 0 Å². The van der Waals surface area contributed by atoms with Crippen LogP contribution in [0.1, 0.15) is 11.3 Å². The molecule has 0 atom stereocenters. The molecule has 0 N–H and O–H groups in total. The summed E-state index contributed by atoms with van der Waals surface area (Å²) in [4.78, 5) is 3.44. The van der Waals surface area contributed by atoms with Gasteiger partial charge in [0.1, 0.15) is 0 Å². The number of rotatable bonds is 1. The number of hydrogen-bond donors (Lipinski definition) is 0. The van der Waals surface area contributed by atoms with E-state index in [0.717, 1.165) is 18.2 Å². The van der Waals surface area contributed by atoms with Crippen LogP contribution in [0.15, 0.2) is 36.4 Å². The van der Waals surface area contributed by atoms with E-state index in [9.17, 15) is 26.3 Å². The van der Waals surface area contributed by atoms with Gasteiger partial charge in [0.05, 0.1) is 11.3 Å². The maximum atomic E-state index is 12.8. The summed E-state index contributed by atoms with van der Waals surface area (Å²) >= 11 is 1.48. The van der Waals surface area contributed by atoms with Gasteiger partial charge in [0.15, 0.2) is 5.69 Å². The minimum absolute atomic E-state index is 0.0216. The summed E-state index contributed by atoms with van der Waals surface area (Å²) in [6.45, 7) is 0. The Bertz CT molecular complexity index is 662. The van der Waals surface area contributed by atoms with Crippen molar-refractivity contribution >= 4 is 22.6 Å². The van der Waals surface area contributed by atoms with Crippen LogP contribution in [0.2, 0.25) is 0 Å². The van der Waals surface area contributed by atoms with Crippen molar-refractivity contribution in [3.8, 4) is 11.3 Å². The van der Waals surface area contributed by atoms with E-state index in [1.807, 2.05) is 0 Å². The molecular formula is C13H6F6IN. The van der Waals surface area contributed by atoms with Crippen molar-refractivity contribution in [3.63, 3.8) is 0 Å². The number of halogens is 7. The summed E-state index contributed by atoms with van der Waals surface area (Å²) < 4.78 is 76.0. The lowest BCUT2D eigenvalue weighted by Gasteiger charge is -2.11. The molecule has 0 aliphatic heterocycles. The van der Waals surface area contributed by atoms with Crippen LogP contribution in [0.4, 0.5) is 26.3 Å². The van der Waals surface area contributed by atoms with E-state index in [2.05, 4.69) is 4.98 Å². The van der Waals surface area contributed by atoms with E-state index in [0.29, 0.717) is 0 Å². The maximum absolute atomic E-state index is 12.8. The quantitative estimate of drug-likeness (QED) is 0.448. The van der Waals surface area contributed by atoms with Gasteiger partial charge in [0.25, 0.3) is 0 Å². The van der Waals surface area contributed by atoms with Crippen LogP contribution in [-0.2, 0) is 12.4 Å². The monoisotopic (exact) mass is 417 g/mol. The number of alkyl halides is 6. The highest BCUT2D eigenvalue weighted by Gasteiger charge is 2.35. The van der Waals surface area contributed by atoms with Gasteiger partial charge in [0, 0.05) is 9.13 Å². The molecule has 0 aliphatic carbocycles. The van der Waals surface area contributed by atoms with Gasteiger partial charge in [0.2, 0.25) is 0 Å². The molecule has 0 radical (unpaired) electrons. The molecule has 2 rings (SSSR count). The molecule has 0 spiro atoms. The van der Waals surface area contributed by atoms with Crippen molar-refractivity contribution in [2.45, 2.75) is 12.4 Å². The van der Waals surface area contributed by atoms with Crippen LogP contribution in [0.5, 0.6) is 0 Å². The normalized spacial score (nSPS) is 12.5. The molecule has 0 bridgehead atoms. The Morgan fingerprint density at radius 3 is 2.10 bits per heavy atom. The molecule has 112 valence electrons. The number of hydrogen-bond acceptors (Lipinski definition) is 1. The summed E-state index contributed by atoms with van der Waals surface area (Å²) in [7, 11) is 0. The molecule has 0 saturated heterocycles. The van der Waals surface area contributed by atoms with Gasteiger partial charge in [-0.05, 0) is 46.9 Å². The van der Waals surface area contributed by atoms with E-state index in [4.69, 9.17) is 0 Å². The molecule has 1 aromatic carbocycles. The molecule has 0 amide bonds. The zero-order chi connectivity index (χ0) is 15.8. The predicted octanol–water partition coefficient (Wildman–Crippen LogP) is 5.39. The predicted molar refractivity (Wildman–Crippen MR) is 72.4 cm³/mol. The van der Waals surface area contributed by atoms with Crippen molar-refractivity contribution in [2.24, 2.45) is 0 Å². The van der Waals surface area contributed by atoms with E-state index in [1.165, 1.54) is 40.8 Å². The molecule has 1 nitrogen and oxygen atoms in total. The molecule has 1 aromatic heterocycles. The lowest BCUT2D eigenvalue weighted by atomic mass is 10.1. The first-order valence-corrected chi connectivity index (χ1v) is 6.58. The second-order valence-corrected chi connectivity index (χ2v) is 5.27. The number of benzene rings is 1. The molecule has 0 unspecified atom stereocenters. The topological polar surface area (TPSA) is 12.9 Å². The highest BCUT2D eigenvalue weighted by Crippen LogP contribution is 2.35. The lowest BCUT2D eigenvalue weighted by molar-refractivity contribution is -0.142. The van der Waals surface area contributed by atoms with Crippen LogP contribution >= 0.6 is 22.6 Å². The van der Waals surface area contributed by atoms with Crippen molar-refractivity contribution in [1.82, 2.24) is 4.98 Å². The minimum atomic E-state index is -4.66. The number of nitrogens with zero attached hydrogens (tertiary/aromatic N) is 1. The molecule has 8 heteroatoms. The van der Waals surface area contributed by atoms with Gasteiger partial charge in [-0.1, -0.05) is 12.1 Å². The second kappa shape index (κ2) is 5.47. The number of aromatic nitrogens is 1. The van der Waals surface area contributed by atoms with E-state index >= 15 is 0 Å². The molecule has 0 aliphatic rings. The Morgan fingerprint density at radius 2 is 1.52 bits per heavy atom. The molecular weight excluding hydrogens is 411 g/mol. The summed E-state index contributed by atoms with van der Waals surface area (Å²) in [6, 6.07) is 6.46. The fraction of sp³-hybridized carbons (Fsp3) is 0.154. The van der Waals surface area contributed by atoms with Gasteiger partial charge in [-0.25, -0.2) is 4.98 Å². The van der Waals surface area contributed by atoms with E-state index < -0.39 is 23.6 Å². The fourth-order valence-corrected chi connectivity index (χ4v) is 2.26. The Kier molecular flexibility index (Phi) is 4.18. The van der Waals surface area contributed by atoms with Crippen LogP contribution in [-0.4, -0.2) is 4.98 Å². The average molecular weight is 417 g/mol. The summed E-state index contributed by atoms with van der Waals surface area (Å²) in [5, 5.41) is 0. The molecule has 0 saturated carbocycles. The third-order valence-electron chi connectivity index (χ3n) is 2.60. The lowest BCUT2D eigenvalue weighted by Crippen LogP contribution is -2.11. The molecule has 2 aromatic rings. The van der Waals surface area contributed by atoms with Crippen molar-refractivity contribution < 1.29 is 26.3 Å². The standard InChI is InChI=1S/C13H6F6IN/c14-12(15,16)8-3-1-2-7(6-8)10-5-4-9(20)11(21-10)13(17,18)19/h1-6H. The van der Waals surface area contributed by atoms with Gasteiger partial charge in [-0.3, -0.25) is 0 Å². The van der Waals surface area contributed by atoms with Crippen molar-refractivity contribution in [1.29, 1.82) is 0 Å². The number of pyridine rings is 1. The van der Waals surface area contributed by atoms with Gasteiger partial charge in [-0.2, -0.15) is 26.3 Å². The minimum Gasteiger partial charge on any atom is -0.242 e. The Balaban J connectivity index is 2.53. The first-order chi connectivity index (χ1) is 9.59. The Hall–Kier alpha value is -1.32. The summed E-state index contributed by atoms with van der Waals surface area (Å²) in [5.41, 5.74) is -2.23. The van der Waals surface area contributed by atoms with Crippen molar-refractivity contribution in [3.05, 3.63) is 51.2 Å². The molecule has 0 fully saturated rings. The third-order valence-corrected chi connectivity index (χ3v) is 3.47. The molecule has 1 heterocycles. The first kappa shape index (κ1) is 16.1. The second-order valence-electron chi connectivity index (χ2n) is 4.10. The van der Waals surface area contributed by atoms with Gasteiger partial charge in [-0.15, -0.1) is 0 Å². The SMILES string of the molecule is FC(F)(F)c1cccc(-c2ccc(I)c(C(F)(F)F)n2)c1. The van der Waals surface area contributed by atoms with Crippen LogP contribution in [0.25, 0.3) is 11.3 Å². The van der Waals surface area contributed by atoms with Crippen LogP contribution in [0.3, 0.4) is 0 Å². The first-order valence-electron chi connectivity index (χ1n) is 5.50. The van der Waals surface area contributed by atoms with E-state index in [-0.39, 0.29) is 14.8 Å². The van der Waals surface area contributed by atoms with Gasteiger partial charge >= 0.3 is 12.4 Å². The fourth-order valence-electron chi connectivity index (χ4n) is 1.66.